The fourth-order valence-electron chi connectivity index (χ4n) is 5.15. The summed E-state index contributed by atoms with van der Waals surface area (Å²) < 4.78 is 14.1. The van der Waals surface area contributed by atoms with E-state index >= 15 is 0 Å². The summed E-state index contributed by atoms with van der Waals surface area (Å²) in [5.41, 5.74) is 1.88. The van der Waals surface area contributed by atoms with Crippen molar-refractivity contribution in [1.82, 2.24) is 0 Å². The minimum atomic E-state index is -2.76. The Balaban J connectivity index is 1.77. The van der Waals surface area contributed by atoms with Crippen molar-refractivity contribution in [2.24, 2.45) is 0 Å². The Bertz CT molecular complexity index is 1060. The Morgan fingerprint density at radius 3 is 1.73 bits per heavy atom. The van der Waals surface area contributed by atoms with Crippen molar-refractivity contribution in [3.05, 3.63) is 108 Å². The maximum atomic E-state index is 7.44. The molecule has 5 rings (SSSR count). The summed E-state index contributed by atoms with van der Waals surface area (Å²) in [6.45, 7) is 9.03. The molecule has 2 unspecified atom stereocenters. The summed E-state index contributed by atoms with van der Waals surface area (Å²) >= 11 is 0. The van der Waals surface area contributed by atoms with Crippen molar-refractivity contribution >= 4 is 18.7 Å². The molecule has 3 aromatic rings. The molecule has 30 heavy (non-hydrogen) atoms. The first-order chi connectivity index (χ1) is 14.3. The molecule has 2 heterocycles. The van der Waals surface area contributed by atoms with E-state index in [-0.39, 0.29) is 5.04 Å². The first-order valence-corrected chi connectivity index (χ1v) is 12.5. The normalized spacial score (nSPS) is 24.8. The summed E-state index contributed by atoms with van der Waals surface area (Å²) in [5.74, 6) is -0.865. The topological polar surface area (TPSA) is 18.5 Å². The number of fused-ring (bicyclic) bond motifs is 5. The van der Waals surface area contributed by atoms with E-state index in [1.165, 1.54) is 15.9 Å². The third kappa shape index (κ3) is 2.62. The third-order valence-corrected chi connectivity index (χ3v) is 11.6. The van der Waals surface area contributed by atoms with Crippen LogP contribution in [0.4, 0.5) is 0 Å². The summed E-state index contributed by atoms with van der Waals surface area (Å²) in [7, 11) is -2.76. The van der Waals surface area contributed by atoms with Crippen molar-refractivity contribution in [3.63, 3.8) is 0 Å². The Morgan fingerprint density at radius 1 is 0.700 bits per heavy atom. The van der Waals surface area contributed by atoms with Crippen LogP contribution in [0.1, 0.15) is 38.8 Å². The van der Waals surface area contributed by atoms with Crippen LogP contribution in [0.25, 0.3) is 0 Å². The molecule has 0 N–H and O–H groups in total. The zero-order valence-corrected chi connectivity index (χ0v) is 19.1. The van der Waals surface area contributed by atoms with Gasteiger partial charge >= 0.3 is 0 Å². The van der Waals surface area contributed by atoms with E-state index in [9.17, 15) is 0 Å². The molecule has 0 radical (unpaired) electrons. The summed E-state index contributed by atoms with van der Waals surface area (Å²) in [4.78, 5) is 0. The van der Waals surface area contributed by atoms with Gasteiger partial charge in [-0.3, -0.25) is 0 Å². The summed E-state index contributed by atoms with van der Waals surface area (Å²) in [6, 6.07) is 30.0. The van der Waals surface area contributed by atoms with Crippen molar-refractivity contribution in [3.8, 4) is 0 Å². The molecule has 0 saturated heterocycles. The molecule has 3 aromatic carbocycles. The van der Waals surface area contributed by atoms with Crippen LogP contribution in [0.2, 0.25) is 5.04 Å². The highest BCUT2D eigenvalue weighted by molar-refractivity contribution is 6.99. The molecule has 0 aliphatic carbocycles. The largest absolute Gasteiger partial charge is 0.374 e. The van der Waals surface area contributed by atoms with Crippen LogP contribution in [0, 0.1) is 0 Å². The zero-order chi connectivity index (χ0) is 21.0. The van der Waals surface area contributed by atoms with Crippen molar-refractivity contribution in [2.75, 3.05) is 0 Å². The molecule has 152 valence electrons. The van der Waals surface area contributed by atoms with Crippen LogP contribution in [-0.2, 0) is 20.6 Å². The molecule has 0 spiro atoms. The van der Waals surface area contributed by atoms with Gasteiger partial charge in [-0.05, 0) is 40.1 Å². The first-order valence-electron chi connectivity index (χ1n) is 10.6. The van der Waals surface area contributed by atoms with Gasteiger partial charge in [0.05, 0.1) is 0 Å². The average Bonchev–Trinajstić information content (AvgIpc) is 3.22. The smallest absolute Gasteiger partial charge is 0.265 e. The van der Waals surface area contributed by atoms with Gasteiger partial charge in [-0.15, -0.1) is 0 Å². The van der Waals surface area contributed by atoms with E-state index in [4.69, 9.17) is 9.16 Å². The predicted molar refractivity (Wildman–Crippen MR) is 124 cm³/mol. The minimum absolute atomic E-state index is 0.113. The second-order valence-corrected chi connectivity index (χ2v) is 13.7. The summed E-state index contributed by atoms with van der Waals surface area (Å²) in [5, 5.41) is 2.40. The quantitative estimate of drug-likeness (QED) is 0.431. The fourth-order valence-corrected chi connectivity index (χ4v) is 9.75. The standard InChI is InChI=1S/C27H28O2Si/c1-25(2,3)30(21-13-7-5-8-14-21,22-15-9-6-10-16-22)29-27-20-19-26(4,28-27)23-17-11-12-18-24(23)27/h5-20H,1-4H3. The molecule has 2 aliphatic rings. The molecule has 2 bridgehead atoms. The lowest BCUT2D eigenvalue weighted by Crippen LogP contribution is -2.68. The number of rotatable bonds is 4. The summed E-state index contributed by atoms with van der Waals surface area (Å²) in [6.07, 6.45) is 4.29. The highest BCUT2D eigenvalue weighted by Crippen LogP contribution is 2.56. The van der Waals surface area contributed by atoms with Gasteiger partial charge < -0.3 is 9.16 Å². The lowest BCUT2D eigenvalue weighted by molar-refractivity contribution is -0.179. The zero-order valence-electron chi connectivity index (χ0n) is 18.1. The number of ether oxygens (including phenoxy) is 1. The molecule has 3 heteroatoms. The van der Waals surface area contributed by atoms with Crippen molar-refractivity contribution in [2.45, 2.75) is 44.1 Å². The molecule has 2 aliphatic heterocycles. The van der Waals surface area contributed by atoms with Crippen LogP contribution < -0.4 is 10.4 Å². The molecule has 0 amide bonds. The molecule has 2 nitrogen and oxygen atoms in total. The molecular formula is C27H28O2Si. The monoisotopic (exact) mass is 412 g/mol. The molecular weight excluding hydrogens is 384 g/mol. The van der Waals surface area contributed by atoms with Crippen LogP contribution >= 0.6 is 0 Å². The highest BCUT2D eigenvalue weighted by atomic mass is 28.4. The van der Waals surface area contributed by atoms with E-state index in [2.05, 4.69) is 125 Å². The van der Waals surface area contributed by atoms with Gasteiger partial charge in [0.15, 0.2) is 0 Å². The van der Waals surface area contributed by atoms with Gasteiger partial charge in [0, 0.05) is 5.56 Å². The third-order valence-electron chi connectivity index (χ3n) is 6.54. The molecule has 0 fully saturated rings. The van der Waals surface area contributed by atoms with Gasteiger partial charge in [0.1, 0.15) is 5.60 Å². The Kier molecular flexibility index (Phi) is 4.23. The van der Waals surface area contributed by atoms with Gasteiger partial charge in [0.25, 0.3) is 8.32 Å². The Hall–Kier alpha value is -2.46. The Labute approximate surface area is 180 Å². The van der Waals surface area contributed by atoms with E-state index in [0.29, 0.717) is 0 Å². The molecule has 0 aromatic heterocycles. The number of benzene rings is 3. The van der Waals surface area contributed by atoms with Crippen LogP contribution in [-0.4, -0.2) is 8.32 Å². The lowest BCUT2D eigenvalue weighted by atomic mass is 9.87. The highest BCUT2D eigenvalue weighted by Gasteiger charge is 2.61. The van der Waals surface area contributed by atoms with Crippen LogP contribution in [0.15, 0.2) is 97.1 Å². The van der Waals surface area contributed by atoms with E-state index in [0.717, 1.165) is 5.56 Å². The van der Waals surface area contributed by atoms with E-state index < -0.39 is 19.7 Å². The van der Waals surface area contributed by atoms with Gasteiger partial charge in [0.2, 0.25) is 5.79 Å². The SMILES string of the molecule is CC12C=CC(O[Si](c3ccccc3)(c3ccccc3)C(C)(C)C)(O1)c1ccccc12. The predicted octanol–water partition coefficient (Wildman–Crippen LogP) is 5.23. The van der Waals surface area contributed by atoms with E-state index in [1.807, 2.05) is 0 Å². The van der Waals surface area contributed by atoms with E-state index in [1.54, 1.807) is 0 Å². The number of hydrogen-bond acceptors (Lipinski definition) is 2. The maximum absolute atomic E-state index is 7.44. The maximum Gasteiger partial charge on any atom is 0.265 e. The van der Waals surface area contributed by atoms with Crippen LogP contribution in [0.3, 0.4) is 0 Å². The van der Waals surface area contributed by atoms with Crippen molar-refractivity contribution < 1.29 is 9.16 Å². The van der Waals surface area contributed by atoms with Gasteiger partial charge in [-0.1, -0.05) is 106 Å². The second-order valence-electron chi connectivity index (χ2n) is 9.52. The van der Waals surface area contributed by atoms with Gasteiger partial charge in [-0.25, -0.2) is 0 Å². The molecule has 2 atom stereocenters. The number of hydrogen-bond donors (Lipinski definition) is 0. The first kappa shape index (κ1) is 19.5. The fraction of sp³-hybridized carbons (Fsp3) is 0.259. The van der Waals surface area contributed by atoms with Crippen LogP contribution in [0.5, 0.6) is 0 Å². The van der Waals surface area contributed by atoms with Gasteiger partial charge in [-0.2, -0.15) is 0 Å². The molecule has 0 saturated carbocycles. The Morgan fingerprint density at radius 2 is 1.20 bits per heavy atom. The second kappa shape index (κ2) is 6.52. The minimum Gasteiger partial charge on any atom is -0.374 e. The lowest BCUT2D eigenvalue weighted by Gasteiger charge is -2.47. The average molecular weight is 413 g/mol. The van der Waals surface area contributed by atoms with Crippen molar-refractivity contribution in [1.29, 1.82) is 0 Å².